The third-order valence-corrected chi connectivity index (χ3v) is 6.29. The van der Waals surface area contributed by atoms with E-state index >= 15 is 0 Å². The van der Waals surface area contributed by atoms with Crippen LogP contribution in [0.5, 0.6) is 0 Å². The van der Waals surface area contributed by atoms with Crippen LogP contribution in [0.15, 0.2) is 34.7 Å². The van der Waals surface area contributed by atoms with Crippen molar-refractivity contribution >= 4 is 38.8 Å². The van der Waals surface area contributed by atoms with E-state index in [0.29, 0.717) is 0 Å². The molecule has 12 heteroatoms. The molecule has 0 radical (unpaired) electrons. The number of hydrogen-bond donors (Lipinski definition) is 1. The summed E-state index contributed by atoms with van der Waals surface area (Å²) in [5, 5.41) is 3.78. The zero-order valence-electron chi connectivity index (χ0n) is 12.5. The Kier molecular flexibility index (Phi) is 4.95. The van der Waals surface area contributed by atoms with Gasteiger partial charge in [-0.05, 0) is 12.1 Å². The zero-order valence-corrected chi connectivity index (χ0v) is 14.9. The van der Waals surface area contributed by atoms with Crippen molar-refractivity contribution in [1.82, 2.24) is 9.78 Å². The summed E-state index contributed by atoms with van der Waals surface area (Å²) in [6.07, 6.45) is 1.20. The van der Waals surface area contributed by atoms with E-state index in [0.717, 1.165) is 16.0 Å². The van der Waals surface area contributed by atoms with Crippen LogP contribution in [-0.2, 0) is 16.6 Å². The standard InChI is InChI=1S/C14H8ClF4N3O2S2/c15-10-1-2-12(25-10)26(23,24)21-11-3-4-22(20-11)6-7-13(18)8(16)5-9(17)14(7)19/h1-5H,6H2,(H,20,21). The Morgan fingerprint density at radius 1 is 1.12 bits per heavy atom. The summed E-state index contributed by atoms with van der Waals surface area (Å²) >= 11 is 6.52. The molecule has 26 heavy (non-hydrogen) atoms. The highest BCUT2D eigenvalue weighted by Gasteiger charge is 2.21. The molecule has 1 N–H and O–H groups in total. The number of anilines is 1. The number of rotatable bonds is 5. The van der Waals surface area contributed by atoms with Gasteiger partial charge < -0.3 is 0 Å². The molecule has 138 valence electrons. The van der Waals surface area contributed by atoms with Crippen LogP contribution in [0.3, 0.4) is 0 Å². The van der Waals surface area contributed by atoms with Gasteiger partial charge in [0.15, 0.2) is 29.1 Å². The molecule has 0 unspecified atom stereocenters. The third-order valence-electron chi connectivity index (χ3n) is 3.22. The molecule has 0 aliphatic carbocycles. The number of benzene rings is 1. The van der Waals surface area contributed by atoms with Crippen LogP contribution in [0.2, 0.25) is 4.34 Å². The molecule has 0 atom stereocenters. The van der Waals surface area contributed by atoms with Gasteiger partial charge in [0.1, 0.15) is 4.21 Å². The minimum absolute atomic E-state index is 0.0543. The first-order valence-electron chi connectivity index (χ1n) is 6.81. The Hall–Kier alpha value is -2.11. The summed E-state index contributed by atoms with van der Waals surface area (Å²) in [5.41, 5.74) is -0.870. The predicted octanol–water partition coefficient (Wildman–Crippen LogP) is 4.00. The highest BCUT2D eigenvalue weighted by molar-refractivity contribution is 7.94. The monoisotopic (exact) mass is 425 g/mol. The summed E-state index contributed by atoms with van der Waals surface area (Å²) in [7, 11) is -3.94. The van der Waals surface area contributed by atoms with E-state index < -0.39 is 45.4 Å². The van der Waals surface area contributed by atoms with Gasteiger partial charge in [-0.2, -0.15) is 5.10 Å². The Balaban J connectivity index is 1.83. The van der Waals surface area contributed by atoms with Crippen molar-refractivity contribution in [2.24, 2.45) is 0 Å². The van der Waals surface area contributed by atoms with E-state index in [-0.39, 0.29) is 20.4 Å². The van der Waals surface area contributed by atoms with E-state index in [1.807, 2.05) is 0 Å². The summed E-state index contributed by atoms with van der Waals surface area (Å²) < 4.78 is 81.4. The molecule has 3 rings (SSSR count). The Labute approximate surface area is 153 Å². The van der Waals surface area contributed by atoms with Gasteiger partial charge in [0.05, 0.1) is 16.4 Å². The van der Waals surface area contributed by atoms with E-state index in [1.165, 1.54) is 24.4 Å². The maximum Gasteiger partial charge on any atom is 0.272 e. The molecular weight excluding hydrogens is 418 g/mol. The largest absolute Gasteiger partial charge is 0.272 e. The first-order valence-corrected chi connectivity index (χ1v) is 9.48. The Bertz CT molecular complexity index is 1060. The number of hydrogen-bond acceptors (Lipinski definition) is 4. The summed E-state index contributed by atoms with van der Waals surface area (Å²) in [6.45, 7) is -0.640. The lowest BCUT2D eigenvalue weighted by molar-refractivity contribution is 0.431. The predicted molar refractivity (Wildman–Crippen MR) is 87.7 cm³/mol. The van der Waals surface area contributed by atoms with Crippen LogP contribution >= 0.6 is 22.9 Å². The molecule has 0 aliphatic rings. The van der Waals surface area contributed by atoms with Crippen molar-refractivity contribution in [2.45, 2.75) is 10.8 Å². The van der Waals surface area contributed by atoms with Gasteiger partial charge in [0.2, 0.25) is 0 Å². The molecule has 0 bridgehead atoms. The summed E-state index contributed by atoms with van der Waals surface area (Å²) in [5.74, 6) is -6.32. The topological polar surface area (TPSA) is 64.0 Å². The molecule has 0 aliphatic heterocycles. The fraction of sp³-hybridized carbons (Fsp3) is 0.0714. The van der Waals surface area contributed by atoms with E-state index in [1.54, 1.807) is 0 Å². The van der Waals surface area contributed by atoms with E-state index in [9.17, 15) is 26.0 Å². The van der Waals surface area contributed by atoms with Crippen molar-refractivity contribution in [3.05, 3.63) is 63.6 Å². The number of halogens is 5. The van der Waals surface area contributed by atoms with E-state index in [2.05, 4.69) is 9.82 Å². The minimum atomic E-state index is -3.94. The van der Waals surface area contributed by atoms with Crippen molar-refractivity contribution in [3.8, 4) is 0 Å². The smallest absolute Gasteiger partial charge is 0.266 e. The number of aromatic nitrogens is 2. The minimum Gasteiger partial charge on any atom is -0.266 e. The van der Waals surface area contributed by atoms with Crippen LogP contribution in [0.25, 0.3) is 0 Å². The molecule has 0 saturated heterocycles. The Morgan fingerprint density at radius 2 is 1.77 bits per heavy atom. The molecule has 0 spiro atoms. The van der Waals surface area contributed by atoms with Crippen molar-refractivity contribution in [1.29, 1.82) is 0 Å². The molecule has 2 aromatic heterocycles. The first-order chi connectivity index (χ1) is 12.2. The summed E-state index contributed by atoms with van der Waals surface area (Å²) in [4.78, 5) is 0. The second-order valence-electron chi connectivity index (χ2n) is 5.01. The van der Waals surface area contributed by atoms with Crippen molar-refractivity contribution < 1.29 is 26.0 Å². The lowest BCUT2D eigenvalue weighted by Gasteiger charge is -2.07. The summed E-state index contributed by atoms with van der Waals surface area (Å²) in [6, 6.07) is 4.03. The quantitative estimate of drug-likeness (QED) is 0.496. The molecule has 0 amide bonds. The van der Waals surface area contributed by atoms with Crippen LogP contribution in [0.4, 0.5) is 23.4 Å². The number of thiophene rings is 1. The SMILES string of the molecule is O=S(=O)(Nc1ccn(Cc2c(F)c(F)cc(F)c2F)n1)c1ccc(Cl)s1. The number of nitrogens with zero attached hydrogens (tertiary/aromatic N) is 2. The average Bonchev–Trinajstić information content (AvgIpc) is 3.18. The van der Waals surface area contributed by atoms with Crippen molar-refractivity contribution in [2.75, 3.05) is 4.72 Å². The molecule has 0 saturated carbocycles. The highest BCUT2D eigenvalue weighted by atomic mass is 35.5. The molecule has 5 nitrogen and oxygen atoms in total. The zero-order chi connectivity index (χ0) is 19.1. The maximum atomic E-state index is 13.7. The molecule has 1 aromatic carbocycles. The van der Waals surface area contributed by atoms with Gasteiger partial charge in [-0.1, -0.05) is 11.6 Å². The van der Waals surface area contributed by atoms with Crippen LogP contribution in [0.1, 0.15) is 5.56 Å². The molecular formula is C14H8ClF4N3O2S2. The number of nitrogens with one attached hydrogen (secondary N) is 1. The molecule has 2 heterocycles. The maximum absolute atomic E-state index is 13.7. The highest BCUT2D eigenvalue weighted by Crippen LogP contribution is 2.27. The second-order valence-corrected chi connectivity index (χ2v) is 8.63. The van der Waals surface area contributed by atoms with Crippen LogP contribution in [0, 0.1) is 23.3 Å². The first kappa shape index (κ1) is 18.7. The van der Waals surface area contributed by atoms with E-state index in [4.69, 9.17) is 11.6 Å². The fourth-order valence-corrected chi connectivity index (χ4v) is 4.54. The molecule has 0 fully saturated rings. The third kappa shape index (κ3) is 3.69. The van der Waals surface area contributed by atoms with Crippen LogP contribution in [-0.4, -0.2) is 18.2 Å². The van der Waals surface area contributed by atoms with Crippen molar-refractivity contribution in [3.63, 3.8) is 0 Å². The van der Waals surface area contributed by atoms with Gasteiger partial charge in [-0.15, -0.1) is 11.3 Å². The van der Waals surface area contributed by atoms with Gasteiger partial charge in [0, 0.05) is 18.3 Å². The van der Waals surface area contributed by atoms with Crippen LogP contribution < -0.4 is 4.72 Å². The van der Waals surface area contributed by atoms with Gasteiger partial charge in [0.25, 0.3) is 10.0 Å². The lowest BCUT2D eigenvalue weighted by Crippen LogP contribution is -2.13. The Morgan fingerprint density at radius 3 is 2.35 bits per heavy atom. The average molecular weight is 426 g/mol. The number of sulfonamides is 1. The second kappa shape index (κ2) is 6.89. The lowest BCUT2D eigenvalue weighted by atomic mass is 10.2. The molecule has 3 aromatic rings. The normalized spacial score (nSPS) is 11.7. The van der Waals surface area contributed by atoms with Gasteiger partial charge in [-0.25, -0.2) is 26.0 Å². The fourth-order valence-electron chi connectivity index (χ4n) is 2.06. The van der Waals surface area contributed by atoms with Gasteiger partial charge in [-0.3, -0.25) is 9.40 Å². The van der Waals surface area contributed by atoms with Gasteiger partial charge >= 0.3 is 0 Å².